The Labute approximate surface area is 75.7 Å². The standard InChI is InChI=1S/C9H21N3/c1-7(2)9-10-6-11(5)12(9)8(3)4/h7-10H,6H2,1-5H3. The third kappa shape index (κ3) is 1.79. The van der Waals surface area contributed by atoms with E-state index in [0.29, 0.717) is 18.1 Å². The van der Waals surface area contributed by atoms with E-state index in [1.807, 2.05) is 0 Å². The van der Waals surface area contributed by atoms with Gasteiger partial charge in [0.05, 0.1) is 12.8 Å². The van der Waals surface area contributed by atoms with E-state index in [0.717, 1.165) is 6.67 Å². The second-order valence-electron chi connectivity index (χ2n) is 4.18. The molecule has 72 valence electrons. The summed E-state index contributed by atoms with van der Waals surface area (Å²) in [6, 6.07) is 0.581. The molecule has 12 heavy (non-hydrogen) atoms. The predicted octanol–water partition coefficient (Wildman–Crippen LogP) is 1.09. The van der Waals surface area contributed by atoms with Crippen LogP contribution in [0.2, 0.25) is 0 Å². The average Bonchev–Trinajstić information content (AvgIpc) is 2.30. The monoisotopic (exact) mass is 171 g/mol. The van der Waals surface area contributed by atoms with Gasteiger partial charge in [-0.25, -0.2) is 10.0 Å². The first kappa shape index (κ1) is 9.96. The van der Waals surface area contributed by atoms with Crippen LogP contribution < -0.4 is 5.32 Å². The molecule has 1 unspecified atom stereocenters. The van der Waals surface area contributed by atoms with Gasteiger partial charge < -0.3 is 0 Å². The van der Waals surface area contributed by atoms with Crippen molar-refractivity contribution in [1.29, 1.82) is 0 Å². The summed E-state index contributed by atoms with van der Waals surface area (Å²) in [7, 11) is 2.13. The maximum absolute atomic E-state index is 3.49. The Balaban J connectivity index is 2.64. The van der Waals surface area contributed by atoms with Crippen LogP contribution in [0.1, 0.15) is 27.7 Å². The van der Waals surface area contributed by atoms with Gasteiger partial charge in [-0.05, 0) is 19.8 Å². The van der Waals surface area contributed by atoms with Crippen LogP contribution in [0, 0.1) is 5.92 Å². The molecule has 1 aliphatic heterocycles. The Morgan fingerprint density at radius 2 is 1.83 bits per heavy atom. The van der Waals surface area contributed by atoms with Crippen LogP contribution in [0.5, 0.6) is 0 Å². The van der Waals surface area contributed by atoms with Gasteiger partial charge in [-0.1, -0.05) is 13.8 Å². The molecule has 3 heteroatoms. The van der Waals surface area contributed by atoms with Crippen molar-refractivity contribution < 1.29 is 0 Å². The lowest BCUT2D eigenvalue weighted by Gasteiger charge is -2.34. The van der Waals surface area contributed by atoms with Gasteiger partial charge >= 0.3 is 0 Å². The average molecular weight is 171 g/mol. The van der Waals surface area contributed by atoms with E-state index in [9.17, 15) is 0 Å². The normalized spacial score (nSPS) is 27.8. The molecule has 1 rings (SSSR count). The van der Waals surface area contributed by atoms with Crippen molar-refractivity contribution in [1.82, 2.24) is 15.3 Å². The molecule has 0 aromatic carbocycles. The highest BCUT2D eigenvalue weighted by Gasteiger charge is 2.32. The first-order chi connectivity index (χ1) is 5.54. The van der Waals surface area contributed by atoms with Gasteiger partial charge in [0.25, 0.3) is 0 Å². The number of hydrogen-bond donors (Lipinski definition) is 1. The van der Waals surface area contributed by atoms with Crippen molar-refractivity contribution in [2.45, 2.75) is 39.9 Å². The molecule has 0 radical (unpaired) electrons. The highest BCUT2D eigenvalue weighted by atomic mass is 15.7. The summed E-state index contributed by atoms with van der Waals surface area (Å²) < 4.78 is 0. The Bertz CT molecular complexity index is 145. The number of hydrogen-bond acceptors (Lipinski definition) is 3. The van der Waals surface area contributed by atoms with Gasteiger partial charge in [-0.3, -0.25) is 5.32 Å². The molecule has 1 N–H and O–H groups in total. The number of nitrogens with zero attached hydrogens (tertiary/aromatic N) is 2. The maximum atomic E-state index is 3.49. The molecule has 1 fully saturated rings. The molecule has 0 saturated carbocycles. The summed E-state index contributed by atoms with van der Waals surface area (Å²) in [5.41, 5.74) is 0. The molecule has 1 heterocycles. The van der Waals surface area contributed by atoms with E-state index >= 15 is 0 Å². The van der Waals surface area contributed by atoms with Crippen LogP contribution >= 0.6 is 0 Å². The van der Waals surface area contributed by atoms with E-state index in [1.54, 1.807) is 0 Å². The Morgan fingerprint density at radius 3 is 2.17 bits per heavy atom. The van der Waals surface area contributed by atoms with E-state index in [-0.39, 0.29) is 0 Å². The van der Waals surface area contributed by atoms with Crippen LogP contribution in [-0.2, 0) is 0 Å². The van der Waals surface area contributed by atoms with Gasteiger partial charge in [-0.2, -0.15) is 0 Å². The molecule has 1 atom stereocenters. The topological polar surface area (TPSA) is 18.5 Å². The van der Waals surface area contributed by atoms with E-state index in [4.69, 9.17) is 0 Å². The zero-order valence-corrected chi connectivity index (χ0v) is 8.83. The van der Waals surface area contributed by atoms with Gasteiger partial charge in [0.15, 0.2) is 0 Å². The molecule has 0 aromatic rings. The van der Waals surface area contributed by atoms with Gasteiger partial charge in [0, 0.05) is 13.1 Å². The number of nitrogens with one attached hydrogen (secondary N) is 1. The first-order valence-electron chi connectivity index (χ1n) is 4.76. The lowest BCUT2D eigenvalue weighted by atomic mass is 10.1. The minimum Gasteiger partial charge on any atom is -0.286 e. The summed E-state index contributed by atoms with van der Waals surface area (Å²) >= 11 is 0. The summed E-state index contributed by atoms with van der Waals surface area (Å²) in [6.45, 7) is 9.96. The fourth-order valence-electron chi connectivity index (χ4n) is 1.87. The van der Waals surface area contributed by atoms with Crippen LogP contribution in [0.4, 0.5) is 0 Å². The summed E-state index contributed by atoms with van der Waals surface area (Å²) in [5, 5.41) is 8.16. The third-order valence-electron chi connectivity index (χ3n) is 2.37. The first-order valence-corrected chi connectivity index (χ1v) is 4.76. The quantitative estimate of drug-likeness (QED) is 0.671. The van der Waals surface area contributed by atoms with Gasteiger partial charge in [0.2, 0.25) is 0 Å². The van der Waals surface area contributed by atoms with Crippen molar-refractivity contribution in [3.63, 3.8) is 0 Å². The van der Waals surface area contributed by atoms with Crippen molar-refractivity contribution in [2.24, 2.45) is 5.92 Å². The fraction of sp³-hybridized carbons (Fsp3) is 1.00. The highest BCUT2D eigenvalue weighted by Crippen LogP contribution is 2.17. The second-order valence-corrected chi connectivity index (χ2v) is 4.18. The van der Waals surface area contributed by atoms with Gasteiger partial charge in [0.1, 0.15) is 0 Å². The summed E-state index contributed by atoms with van der Waals surface area (Å²) in [5.74, 6) is 0.664. The SMILES string of the molecule is CC(C)C1NCN(C)N1C(C)C. The van der Waals surface area contributed by atoms with Crippen molar-refractivity contribution in [3.05, 3.63) is 0 Å². The van der Waals surface area contributed by atoms with Gasteiger partial charge in [-0.15, -0.1) is 0 Å². The summed E-state index contributed by atoms with van der Waals surface area (Å²) in [4.78, 5) is 0. The van der Waals surface area contributed by atoms with Crippen LogP contribution in [0.3, 0.4) is 0 Å². The second kappa shape index (κ2) is 3.73. The van der Waals surface area contributed by atoms with Crippen LogP contribution in [0.25, 0.3) is 0 Å². The zero-order chi connectivity index (χ0) is 9.30. The third-order valence-corrected chi connectivity index (χ3v) is 2.37. The zero-order valence-electron chi connectivity index (χ0n) is 8.83. The molecule has 3 nitrogen and oxygen atoms in total. The molecule has 1 aliphatic rings. The Morgan fingerprint density at radius 1 is 1.25 bits per heavy atom. The van der Waals surface area contributed by atoms with E-state index < -0.39 is 0 Å². The van der Waals surface area contributed by atoms with Crippen molar-refractivity contribution in [2.75, 3.05) is 13.7 Å². The van der Waals surface area contributed by atoms with Crippen molar-refractivity contribution >= 4 is 0 Å². The molecule has 0 aromatic heterocycles. The maximum Gasteiger partial charge on any atom is 0.0771 e. The highest BCUT2D eigenvalue weighted by molar-refractivity contribution is 4.78. The lowest BCUT2D eigenvalue weighted by Crippen LogP contribution is -2.47. The molecule has 0 aliphatic carbocycles. The summed E-state index contributed by atoms with van der Waals surface area (Å²) in [6.07, 6.45) is 0.509. The number of hydrazine groups is 1. The molecule has 0 amide bonds. The molecule has 1 saturated heterocycles. The molecule has 0 spiro atoms. The molecular formula is C9H21N3. The lowest BCUT2D eigenvalue weighted by molar-refractivity contribution is -0.0240. The molecular weight excluding hydrogens is 150 g/mol. The number of rotatable bonds is 2. The van der Waals surface area contributed by atoms with E-state index in [1.165, 1.54) is 0 Å². The minimum absolute atomic E-state index is 0.509. The van der Waals surface area contributed by atoms with Crippen LogP contribution in [-0.4, -0.2) is 35.9 Å². The fourth-order valence-corrected chi connectivity index (χ4v) is 1.87. The Hall–Kier alpha value is -0.120. The minimum atomic E-state index is 0.509. The molecule has 0 bridgehead atoms. The Kier molecular flexibility index (Phi) is 3.09. The van der Waals surface area contributed by atoms with Crippen LogP contribution in [0.15, 0.2) is 0 Å². The van der Waals surface area contributed by atoms with Crippen molar-refractivity contribution in [3.8, 4) is 0 Å². The smallest absolute Gasteiger partial charge is 0.0771 e. The largest absolute Gasteiger partial charge is 0.286 e. The van der Waals surface area contributed by atoms with E-state index in [2.05, 4.69) is 50.1 Å². The predicted molar refractivity (Wildman–Crippen MR) is 51.4 cm³/mol.